The molecule has 0 bridgehead atoms. The van der Waals surface area contributed by atoms with Crippen LogP contribution < -0.4 is 5.32 Å². The van der Waals surface area contributed by atoms with Crippen LogP contribution in [0.15, 0.2) is 121 Å². The Morgan fingerprint density at radius 2 is 1.29 bits per heavy atom. The number of carbonyl (C=O) groups is 2. The normalized spacial score (nSPS) is 14.0. The molecule has 208 valence electrons. The van der Waals surface area contributed by atoms with Crippen LogP contribution in [0, 0.1) is 11.3 Å². The molecular weight excluding hydrogens is 508 g/mol. The monoisotopic (exact) mass is 544 g/mol. The summed E-state index contributed by atoms with van der Waals surface area (Å²) >= 11 is 0. The zero-order valence-corrected chi connectivity index (χ0v) is 23.5. The van der Waals surface area contributed by atoms with Gasteiger partial charge in [-0.05, 0) is 42.0 Å². The van der Waals surface area contributed by atoms with Crippen LogP contribution >= 0.6 is 0 Å². The number of piperidine rings is 1. The first-order valence-electron chi connectivity index (χ1n) is 14.1. The van der Waals surface area contributed by atoms with Crippen LogP contribution in [0.2, 0.25) is 0 Å². The molecule has 5 rings (SSSR count). The van der Waals surface area contributed by atoms with E-state index in [9.17, 15) is 14.9 Å². The van der Waals surface area contributed by atoms with Crippen LogP contribution in [-0.4, -0.2) is 25.0 Å². The van der Waals surface area contributed by atoms with E-state index in [4.69, 9.17) is 4.74 Å². The van der Waals surface area contributed by atoms with Crippen molar-refractivity contribution in [2.45, 2.75) is 43.4 Å². The van der Waals surface area contributed by atoms with E-state index in [1.165, 1.54) is 11.1 Å². The summed E-state index contributed by atoms with van der Waals surface area (Å²) in [5.41, 5.74) is 3.43. The number of carbonyl (C=O) groups excluding carboxylic acids is 2. The van der Waals surface area contributed by atoms with Crippen molar-refractivity contribution in [3.05, 3.63) is 144 Å². The standard InChI is InChI=1S/C19H19NO2.C17H17NO/c1-2-22-18(21)13-14-19(15-20,16-9-5-3-6-10-16)17-11-7-4-8-12-17;19-16-11-12-17(13-18-16,14-7-3-1-4-8-14)15-9-5-2-6-10-15/h3-12H,2,13-14H2,1H3;1-10H,11-13H2,(H,18,19). The largest absolute Gasteiger partial charge is 0.466 e. The number of hydrogen-bond donors (Lipinski definition) is 1. The van der Waals surface area contributed by atoms with Crippen LogP contribution in [0.25, 0.3) is 0 Å². The van der Waals surface area contributed by atoms with Crippen LogP contribution in [0.5, 0.6) is 0 Å². The summed E-state index contributed by atoms with van der Waals surface area (Å²) in [6.07, 6.45) is 2.07. The van der Waals surface area contributed by atoms with Crippen molar-refractivity contribution in [1.82, 2.24) is 5.32 Å². The Labute approximate surface area is 242 Å². The van der Waals surface area contributed by atoms with Gasteiger partial charge in [-0.25, -0.2) is 0 Å². The van der Waals surface area contributed by atoms with E-state index in [-0.39, 0.29) is 23.7 Å². The number of nitrogens with zero attached hydrogens (tertiary/aromatic N) is 1. The van der Waals surface area contributed by atoms with Gasteiger partial charge in [-0.1, -0.05) is 121 Å². The first-order valence-corrected chi connectivity index (χ1v) is 14.1. The lowest BCUT2D eigenvalue weighted by Gasteiger charge is -2.38. The third-order valence-electron chi connectivity index (χ3n) is 7.75. The van der Waals surface area contributed by atoms with Gasteiger partial charge in [0.1, 0.15) is 5.41 Å². The minimum atomic E-state index is -0.838. The van der Waals surface area contributed by atoms with E-state index >= 15 is 0 Å². The number of nitriles is 1. The topological polar surface area (TPSA) is 79.2 Å². The predicted molar refractivity (Wildman–Crippen MR) is 161 cm³/mol. The fraction of sp³-hybridized carbons (Fsp3) is 0.250. The summed E-state index contributed by atoms with van der Waals surface area (Å²) in [5.74, 6) is -0.114. The predicted octanol–water partition coefficient (Wildman–Crippen LogP) is 6.72. The van der Waals surface area contributed by atoms with Crippen molar-refractivity contribution in [3.63, 3.8) is 0 Å². The van der Waals surface area contributed by atoms with E-state index in [1.54, 1.807) is 6.92 Å². The maximum atomic E-state index is 11.7. The summed E-state index contributed by atoms with van der Waals surface area (Å²) < 4.78 is 5.01. The van der Waals surface area contributed by atoms with Gasteiger partial charge in [0.25, 0.3) is 0 Å². The minimum Gasteiger partial charge on any atom is -0.466 e. The lowest BCUT2D eigenvalue weighted by atomic mass is 9.69. The number of benzene rings is 4. The molecule has 1 amide bonds. The second-order valence-electron chi connectivity index (χ2n) is 10.1. The van der Waals surface area contributed by atoms with Crippen molar-refractivity contribution >= 4 is 11.9 Å². The Morgan fingerprint density at radius 3 is 1.68 bits per heavy atom. The van der Waals surface area contributed by atoms with E-state index < -0.39 is 5.41 Å². The molecule has 0 aromatic heterocycles. The van der Waals surface area contributed by atoms with E-state index in [0.29, 0.717) is 26.0 Å². The molecule has 0 radical (unpaired) electrons. The zero-order valence-electron chi connectivity index (χ0n) is 23.5. The molecule has 1 N–H and O–H groups in total. The number of esters is 1. The minimum absolute atomic E-state index is 0.0869. The summed E-state index contributed by atoms with van der Waals surface area (Å²) in [6.45, 7) is 2.82. The molecule has 0 saturated carbocycles. The SMILES string of the molecule is CCOC(=O)CCC(C#N)(c1ccccc1)c1ccccc1.O=C1CCC(c2ccccc2)(c2ccccc2)CN1. The number of nitrogens with one attached hydrogen (secondary N) is 1. The Morgan fingerprint density at radius 1 is 0.829 bits per heavy atom. The molecule has 1 heterocycles. The molecule has 5 nitrogen and oxygen atoms in total. The Kier molecular flexibility index (Phi) is 10.1. The van der Waals surface area contributed by atoms with E-state index in [2.05, 4.69) is 59.9 Å². The van der Waals surface area contributed by atoms with Gasteiger partial charge in [0.2, 0.25) is 5.91 Å². The van der Waals surface area contributed by atoms with Gasteiger partial charge in [0, 0.05) is 24.8 Å². The number of ether oxygens (including phenoxy) is 1. The van der Waals surface area contributed by atoms with E-state index in [0.717, 1.165) is 17.5 Å². The average Bonchev–Trinajstić information content (AvgIpc) is 3.04. The first kappa shape index (κ1) is 29.3. The molecule has 1 fully saturated rings. The highest BCUT2D eigenvalue weighted by Crippen LogP contribution is 2.38. The van der Waals surface area contributed by atoms with Gasteiger partial charge in [0.15, 0.2) is 0 Å². The molecule has 0 aliphatic carbocycles. The van der Waals surface area contributed by atoms with Gasteiger partial charge >= 0.3 is 5.97 Å². The van der Waals surface area contributed by atoms with Crippen molar-refractivity contribution in [1.29, 1.82) is 5.26 Å². The maximum Gasteiger partial charge on any atom is 0.305 e. The van der Waals surface area contributed by atoms with E-state index in [1.807, 2.05) is 72.8 Å². The lowest BCUT2D eigenvalue weighted by molar-refractivity contribution is -0.143. The third-order valence-corrected chi connectivity index (χ3v) is 7.75. The Bertz CT molecular complexity index is 1340. The molecule has 4 aromatic rings. The smallest absolute Gasteiger partial charge is 0.305 e. The van der Waals surface area contributed by atoms with Crippen LogP contribution in [0.1, 0.15) is 54.9 Å². The number of amides is 1. The van der Waals surface area contributed by atoms with Crippen molar-refractivity contribution in [2.75, 3.05) is 13.2 Å². The number of hydrogen-bond acceptors (Lipinski definition) is 4. The highest BCUT2D eigenvalue weighted by atomic mass is 16.5. The van der Waals surface area contributed by atoms with Crippen LogP contribution in [-0.2, 0) is 25.2 Å². The molecule has 1 aliphatic rings. The Balaban J connectivity index is 0.000000191. The third kappa shape index (κ3) is 6.91. The molecular formula is C36H36N2O3. The molecule has 0 spiro atoms. The fourth-order valence-electron chi connectivity index (χ4n) is 5.54. The molecule has 1 aliphatic heterocycles. The molecule has 1 saturated heterocycles. The molecule has 5 heteroatoms. The highest BCUT2D eigenvalue weighted by Gasteiger charge is 2.38. The van der Waals surface area contributed by atoms with Gasteiger partial charge in [-0.2, -0.15) is 5.26 Å². The average molecular weight is 545 g/mol. The summed E-state index contributed by atoms with van der Waals surface area (Å²) in [7, 11) is 0. The summed E-state index contributed by atoms with van der Waals surface area (Å²) in [6, 6.07) is 42.6. The summed E-state index contributed by atoms with van der Waals surface area (Å²) in [4.78, 5) is 23.2. The first-order chi connectivity index (χ1) is 20.0. The van der Waals surface area contributed by atoms with Gasteiger partial charge < -0.3 is 10.1 Å². The Hall–Kier alpha value is -4.69. The zero-order chi connectivity index (χ0) is 29.0. The maximum absolute atomic E-state index is 11.7. The second-order valence-corrected chi connectivity index (χ2v) is 10.1. The lowest BCUT2D eigenvalue weighted by Crippen LogP contribution is -2.46. The van der Waals surface area contributed by atoms with Gasteiger partial charge in [-0.15, -0.1) is 0 Å². The van der Waals surface area contributed by atoms with Crippen LogP contribution in [0.4, 0.5) is 0 Å². The number of rotatable bonds is 8. The second kappa shape index (κ2) is 14.1. The summed E-state index contributed by atoms with van der Waals surface area (Å²) in [5, 5.41) is 13.0. The van der Waals surface area contributed by atoms with Crippen molar-refractivity contribution < 1.29 is 14.3 Å². The molecule has 41 heavy (non-hydrogen) atoms. The quantitative estimate of drug-likeness (QED) is 0.250. The van der Waals surface area contributed by atoms with Crippen molar-refractivity contribution in [2.24, 2.45) is 0 Å². The van der Waals surface area contributed by atoms with Gasteiger partial charge in [-0.3, -0.25) is 9.59 Å². The van der Waals surface area contributed by atoms with Gasteiger partial charge in [0.05, 0.1) is 12.7 Å². The highest BCUT2D eigenvalue weighted by molar-refractivity contribution is 5.77. The fourth-order valence-corrected chi connectivity index (χ4v) is 5.54. The molecule has 0 unspecified atom stereocenters. The van der Waals surface area contributed by atoms with Crippen molar-refractivity contribution in [3.8, 4) is 6.07 Å². The van der Waals surface area contributed by atoms with Crippen LogP contribution in [0.3, 0.4) is 0 Å². The molecule has 4 aromatic carbocycles. The molecule has 0 atom stereocenters.